The smallest absolute Gasteiger partial charge is 0.257 e. The van der Waals surface area contributed by atoms with E-state index in [0.717, 1.165) is 45.1 Å². The van der Waals surface area contributed by atoms with Gasteiger partial charge < -0.3 is 19.3 Å². The van der Waals surface area contributed by atoms with Gasteiger partial charge in [0, 0.05) is 19.7 Å². The van der Waals surface area contributed by atoms with Crippen LogP contribution < -0.4 is 4.74 Å². The van der Waals surface area contributed by atoms with E-state index in [2.05, 4.69) is 0 Å². The Labute approximate surface area is 213 Å². The monoisotopic (exact) mass is 496 g/mol. The van der Waals surface area contributed by atoms with E-state index in [1.807, 2.05) is 30.0 Å². The topological polar surface area (TPSA) is 59.1 Å². The van der Waals surface area contributed by atoms with Crippen molar-refractivity contribution in [3.63, 3.8) is 0 Å². The molecule has 2 aliphatic heterocycles. The largest absolute Gasteiger partial charge is 0.485 e. The number of fused-ring (bicyclic) bond motifs is 2. The molecule has 0 saturated carbocycles. The summed E-state index contributed by atoms with van der Waals surface area (Å²) in [5.41, 5.74) is 0.909. The van der Waals surface area contributed by atoms with E-state index in [9.17, 15) is 14.0 Å². The average Bonchev–Trinajstić information content (AvgIpc) is 3.28. The van der Waals surface area contributed by atoms with Crippen LogP contribution in [0.25, 0.3) is 0 Å². The highest BCUT2D eigenvalue weighted by atomic mass is 19.1. The predicted octanol–water partition coefficient (Wildman–Crippen LogP) is 4.86. The van der Waals surface area contributed by atoms with Gasteiger partial charge in [-0.1, -0.05) is 56.0 Å². The number of likely N-dealkylation sites (tertiary alicyclic amines) is 1. The van der Waals surface area contributed by atoms with Gasteiger partial charge in [0.05, 0.1) is 25.1 Å². The van der Waals surface area contributed by atoms with Crippen molar-refractivity contribution in [3.05, 3.63) is 65.5 Å². The normalized spacial score (nSPS) is 22.0. The molecular formula is C29H37FN2O4. The molecular weight excluding hydrogens is 459 g/mol. The summed E-state index contributed by atoms with van der Waals surface area (Å²) in [7, 11) is 0. The summed E-state index contributed by atoms with van der Waals surface area (Å²) >= 11 is 0. The molecule has 0 bridgehead atoms. The lowest BCUT2D eigenvalue weighted by atomic mass is 10.1. The third-order valence-corrected chi connectivity index (χ3v) is 7.09. The van der Waals surface area contributed by atoms with Crippen LogP contribution in [0.4, 0.5) is 4.39 Å². The second-order valence-corrected chi connectivity index (χ2v) is 9.63. The minimum Gasteiger partial charge on any atom is -0.485 e. The Hall–Kier alpha value is -2.93. The van der Waals surface area contributed by atoms with Crippen molar-refractivity contribution < 1.29 is 23.5 Å². The first-order valence-corrected chi connectivity index (χ1v) is 13.2. The minimum absolute atomic E-state index is 0.00730. The molecule has 2 aliphatic rings. The van der Waals surface area contributed by atoms with Crippen LogP contribution in [-0.2, 0) is 16.0 Å². The Kier molecular flexibility index (Phi) is 9.34. The van der Waals surface area contributed by atoms with Gasteiger partial charge in [-0.2, -0.15) is 0 Å². The molecule has 7 heteroatoms. The number of rotatable bonds is 3. The van der Waals surface area contributed by atoms with Crippen LogP contribution in [0, 0.1) is 5.82 Å². The van der Waals surface area contributed by atoms with E-state index < -0.39 is 6.10 Å². The molecule has 0 aromatic heterocycles. The van der Waals surface area contributed by atoms with Gasteiger partial charge in [-0.15, -0.1) is 0 Å². The average molecular weight is 497 g/mol. The highest BCUT2D eigenvalue weighted by Gasteiger charge is 2.38. The summed E-state index contributed by atoms with van der Waals surface area (Å²) < 4.78 is 26.8. The van der Waals surface area contributed by atoms with Gasteiger partial charge in [0.15, 0.2) is 0 Å². The molecule has 1 fully saturated rings. The van der Waals surface area contributed by atoms with Crippen molar-refractivity contribution in [1.29, 1.82) is 0 Å². The van der Waals surface area contributed by atoms with E-state index in [1.165, 1.54) is 6.07 Å². The Morgan fingerprint density at radius 2 is 1.64 bits per heavy atom. The predicted molar refractivity (Wildman–Crippen MR) is 137 cm³/mol. The van der Waals surface area contributed by atoms with E-state index in [4.69, 9.17) is 9.47 Å². The lowest BCUT2D eigenvalue weighted by molar-refractivity contribution is -0.130. The molecule has 0 spiro atoms. The number of ether oxygens (including phenoxy) is 2. The van der Waals surface area contributed by atoms with Crippen molar-refractivity contribution in [3.8, 4) is 5.75 Å². The van der Waals surface area contributed by atoms with E-state index in [-0.39, 0.29) is 30.2 Å². The summed E-state index contributed by atoms with van der Waals surface area (Å²) in [5.74, 6) is -0.0682. The Balaban J connectivity index is 1.53. The molecule has 0 unspecified atom stereocenters. The molecule has 2 atom stereocenters. The molecule has 0 aliphatic carbocycles. The quantitative estimate of drug-likeness (QED) is 0.609. The van der Waals surface area contributed by atoms with Crippen LogP contribution in [0.3, 0.4) is 0 Å². The zero-order valence-corrected chi connectivity index (χ0v) is 21.2. The number of para-hydroxylation sites is 1. The summed E-state index contributed by atoms with van der Waals surface area (Å²) in [6.45, 7) is 4.69. The molecule has 36 heavy (non-hydrogen) atoms. The Morgan fingerprint density at radius 1 is 0.944 bits per heavy atom. The molecule has 2 amide bonds. The van der Waals surface area contributed by atoms with Gasteiger partial charge in [0.1, 0.15) is 23.8 Å². The molecule has 2 aromatic carbocycles. The number of halogens is 1. The Morgan fingerprint density at radius 3 is 2.44 bits per heavy atom. The zero-order chi connectivity index (χ0) is 25.3. The second-order valence-electron chi connectivity index (χ2n) is 9.63. The summed E-state index contributed by atoms with van der Waals surface area (Å²) in [6.07, 6.45) is 5.71. The third kappa shape index (κ3) is 6.64. The number of amides is 2. The van der Waals surface area contributed by atoms with E-state index >= 15 is 0 Å². The fraction of sp³-hybridized carbons (Fsp3) is 0.517. The van der Waals surface area contributed by atoms with Crippen LogP contribution >= 0.6 is 0 Å². The molecule has 194 valence electrons. The van der Waals surface area contributed by atoms with Crippen molar-refractivity contribution >= 4 is 11.8 Å². The Bertz CT molecular complexity index is 1030. The zero-order valence-electron chi connectivity index (χ0n) is 21.2. The van der Waals surface area contributed by atoms with Gasteiger partial charge in [0.25, 0.3) is 5.91 Å². The van der Waals surface area contributed by atoms with Crippen LogP contribution in [0.15, 0.2) is 48.5 Å². The van der Waals surface area contributed by atoms with Crippen LogP contribution in [-0.4, -0.2) is 66.6 Å². The van der Waals surface area contributed by atoms with Crippen molar-refractivity contribution in [2.75, 3.05) is 32.8 Å². The second kappa shape index (κ2) is 12.9. The summed E-state index contributed by atoms with van der Waals surface area (Å²) in [6, 6.07) is 13.7. The minimum atomic E-state index is -0.411. The maximum Gasteiger partial charge on any atom is 0.257 e. The van der Waals surface area contributed by atoms with Crippen molar-refractivity contribution in [1.82, 2.24) is 9.80 Å². The van der Waals surface area contributed by atoms with Gasteiger partial charge in [0.2, 0.25) is 5.91 Å². The maximum atomic E-state index is 14.1. The number of nitrogens with zero attached hydrogens (tertiary/aromatic N) is 2. The molecule has 6 nitrogen and oxygen atoms in total. The van der Waals surface area contributed by atoms with Gasteiger partial charge in [-0.05, 0) is 43.5 Å². The summed E-state index contributed by atoms with van der Waals surface area (Å²) in [5, 5.41) is 0. The number of benzene rings is 2. The molecule has 1 saturated heterocycles. The fourth-order valence-electron chi connectivity index (χ4n) is 4.97. The van der Waals surface area contributed by atoms with Crippen LogP contribution in [0.1, 0.15) is 61.4 Å². The lowest BCUT2D eigenvalue weighted by Gasteiger charge is -2.25. The fourth-order valence-corrected chi connectivity index (χ4v) is 4.97. The van der Waals surface area contributed by atoms with Crippen molar-refractivity contribution in [2.24, 2.45) is 0 Å². The molecule has 2 heterocycles. The van der Waals surface area contributed by atoms with Crippen molar-refractivity contribution in [2.45, 2.75) is 64.1 Å². The summed E-state index contributed by atoms with van der Waals surface area (Å²) in [4.78, 5) is 30.0. The maximum absolute atomic E-state index is 14.1. The number of carbonyl (C=O) groups is 2. The van der Waals surface area contributed by atoms with Gasteiger partial charge in [-0.3, -0.25) is 9.59 Å². The van der Waals surface area contributed by atoms with E-state index in [0.29, 0.717) is 43.1 Å². The third-order valence-electron chi connectivity index (χ3n) is 7.09. The van der Waals surface area contributed by atoms with Gasteiger partial charge in [-0.25, -0.2) is 4.39 Å². The van der Waals surface area contributed by atoms with Gasteiger partial charge >= 0.3 is 0 Å². The standard InChI is InChI=1S/C29H37FN2O4/c1-2-31-17-11-5-3-4-6-12-18-35-26-20-32(28(33)19-22-13-7-9-15-24(22)30)21-27(26)36-25-16-10-8-14-23(25)29(31)34/h7-10,13-16,26-27H,2-6,11-12,17-21H2,1H3/t26-,27-/m1/s1. The van der Waals surface area contributed by atoms with Crippen LogP contribution in [0.2, 0.25) is 0 Å². The number of carbonyl (C=O) groups excluding carboxylic acids is 2. The highest BCUT2D eigenvalue weighted by Crippen LogP contribution is 2.27. The highest BCUT2D eigenvalue weighted by molar-refractivity contribution is 5.97. The first-order chi connectivity index (χ1) is 17.6. The SMILES string of the molecule is CCN1CCCCCCCCO[C@@H]2CN(C(=O)Cc3ccccc3F)C[C@H]2Oc2ccccc2C1=O. The molecule has 0 radical (unpaired) electrons. The first kappa shape index (κ1) is 26.1. The van der Waals surface area contributed by atoms with Crippen LogP contribution in [0.5, 0.6) is 5.75 Å². The first-order valence-electron chi connectivity index (χ1n) is 13.2. The number of hydrogen-bond donors (Lipinski definition) is 0. The molecule has 0 N–H and O–H groups in total. The van der Waals surface area contributed by atoms with E-state index in [1.54, 1.807) is 29.2 Å². The lowest BCUT2D eigenvalue weighted by Crippen LogP contribution is -2.35. The number of hydrogen-bond acceptors (Lipinski definition) is 4. The molecule has 2 aromatic rings. The molecule has 4 rings (SSSR count).